The van der Waals surface area contributed by atoms with E-state index in [1.54, 1.807) is 23.1 Å². The van der Waals surface area contributed by atoms with E-state index in [-0.39, 0.29) is 0 Å². The number of halogens is 1. The maximum Gasteiger partial charge on any atom is 0.142 e. The second kappa shape index (κ2) is 5.99. The van der Waals surface area contributed by atoms with Gasteiger partial charge in [-0.15, -0.1) is 23.1 Å². The molecule has 1 N–H and O–H groups in total. The van der Waals surface area contributed by atoms with Crippen molar-refractivity contribution in [2.24, 2.45) is 0 Å². The Morgan fingerprint density at radius 2 is 2.00 bits per heavy atom. The van der Waals surface area contributed by atoms with Gasteiger partial charge in [0.25, 0.3) is 0 Å². The van der Waals surface area contributed by atoms with Gasteiger partial charge in [0.05, 0.1) is 11.1 Å². The molecule has 3 aromatic rings. The Labute approximate surface area is 130 Å². The molecule has 2 aromatic heterocycles. The first-order valence-corrected chi connectivity index (χ1v) is 8.31. The van der Waals surface area contributed by atoms with Crippen molar-refractivity contribution in [2.75, 3.05) is 12.4 Å². The highest BCUT2D eigenvalue weighted by Gasteiger charge is 2.08. The first-order chi connectivity index (χ1) is 9.76. The third-order valence-corrected chi connectivity index (χ3v) is 4.86. The molecule has 0 saturated heterocycles. The van der Waals surface area contributed by atoms with Gasteiger partial charge < -0.3 is 5.32 Å². The van der Waals surface area contributed by atoms with Crippen molar-refractivity contribution in [3.8, 4) is 0 Å². The Bertz CT molecular complexity index is 725. The van der Waals surface area contributed by atoms with E-state index in [0.717, 1.165) is 37.5 Å². The topological polar surface area (TPSA) is 37.8 Å². The van der Waals surface area contributed by atoms with Crippen molar-refractivity contribution < 1.29 is 0 Å². The number of fused-ring (bicyclic) bond motifs is 1. The van der Waals surface area contributed by atoms with Gasteiger partial charge in [-0.25, -0.2) is 9.97 Å². The summed E-state index contributed by atoms with van der Waals surface area (Å²) in [7, 11) is 1.88. The molecule has 3 nitrogen and oxygen atoms in total. The summed E-state index contributed by atoms with van der Waals surface area (Å²) < 4.78 is 0. The fourth-order valence-electron chi connectivity index (χ4n) is 1.83. The summed E-state index contributed by atoms with van der Waals surface area (Å²) in [6.07, 6.45) is 0. The van der Waals surface area contributed by atoms with E-state index in [4.69, 9.17) is 11.6 Å². The third kappa shape index (κ3) is 2.90. The van der Waals surface area contributed by atoms with Crippen LogP contribution in [-0.2, 0) is 5.75 Å². The lowest BCUT2D eigenvalue weighted by Gasteiger charge is -2.05. The Hall–Kier alpha value is -1.30. The fraction of sp³-hybridized carbons (Fsp3) is 0.143. The lowest BCUT2D eigenvalue weighted by molar-refractivity contribution is 1.07. The summed E-state index contributed by atoms with van der Waals surface area (Å²) in [5, 5.41) is 7.00. The fourth-order valence-corrected chi connectivity index (χ4v) is 3.50. The number of benzene rings is 1. The largest absolute Gasteiger partial charge is 0.372 e. The molecule has 0 radical (unpaired) electrons. The van der Waals surface area contributed by atoms with Crippen LogP contribution >= 0.6 is 34.7 Å². The standard InChI is InChI=1S/C14H12ClN3S2/c1-16-13-11-6-7-19-14(11)18-12(17-13)8-20-10-4-2-9(15)3-5-10/h2-7H,8H2,1H3,(H,16,17,18). The molecular weight excluding hydrogens is 310 g/mol. The van der Waals surface area contributed by atoms with Crippen LogP contribution in [0.4, 0.5) is 5.82 Å². The molecule has 0 spiro atoms. The number of thiophene rings is 1. The monoisotopic (exact) mass is 321 g/mol. The zero-order valence-electron chi connectivity index (χ0n) is 10.8. The molecule has 0 fully saturated rings. The molecule has 0 bridgehead atoms. The average molecular weight is 322 g/mol. The quantitative estimate of drug-likeness (QED) is 0.708. The van der Waals surface area contributed by atoms with Crippen LogP contribution in [0.25, 0.3) is 10.2 Å². The van der Waals surface area contributed by atoms with Crippen LogP contribution in [0, 0.1) is 0 Å². The summed E-state index contributed by atoms with van der Waals surface area (Å²) in [5.41, 5.74) is 0. The molecule has 102 valence electrons. The predicted octanol–water partition coefficient (Wildman–Crippen LogP) is 4.68. The Morgan fingerprint density at radius 1 is 1.20 bits per heavy atom. The highest BCUT2D eigenvalue weighted by Crippen LogP contribution is 2.28. The predicted molar refractivity (Wildman–Crippen MR) is 88.0 cm³/mol. The number of hydrogen-bond acceptors (Lipinski definition) is 5. The third-order valence-electron chi connectivity index (χ3n) is 2.79. The van der Waals surface area contributed by atoms with Crippen LogP contribution in [-0.4, -0.2) is 17.0 Å². The normalized spacial score (nSPS) is 10.9. The second-order valence-corrected chi connectivity index (χ2v) is 6.50. The second-order valence-electron chi connectivity index (χ2n) is 4.12. The average Bonchev–Trinajstić information content (AvgIpc) is 2.94. The minimum absolute atomic E-state index is 0.740. The molecule has 0 atom stereocenters. The minimum atomic E-state index is 0.740. The molecule has 3 rings (SSSR count). The van der Waals surface area contributed by atoms with E-state index < -0.39 is 0 Å². The van der Waals surface area contributed by atoms with E-state index in [1.165, 1.54) is 0 Å². The maximum atomic E-state index is 5.88. The molecule has 0 saturated carbocycles. The smallest absolute Gasteiger partial charge is 0.142 e. The summed E-state index contributed by atoms with van der Waals surface area (Å²) >= 11 is 9.22. The molecule has 20 heavy (non-hydrogen) atoms. The number of thioether (sulfide) groups is 1. The lowest BCUT2D eigenvalue weighted by atomic mass is 10.4. The minimum Gasteiger partial charge on any atom is -0.372 e. The van der Waals surface area contributed by atoms with E-state index >= 15 is 0 Å². The molecule has 0 amide bonds. The zero-order chi connectivity index (χ0) is 13.9. The number of anilines is 1. The van der Waals surface area contributed by atoms with E-state index in [1.807, 2.05) is 42.8 Å². The van der Waals surface area contributed by atoms with Crippen molar-refractivity contribution in [1.29, 1.82) is 0 Å². The van der Waals surface area contributed by atoms with E-state index in [0.29, 0.717) is 0 Å². The molecular formula is C14H12ClN3S2. The number of rotatable bonds is 4. The summed E-state index contributed by atoms with van der Waals surface area (Å²) in [4.78, 5) is 11.3. The molecule has 0 unspecified atom stereocenters. The first-order valence-electron chi connectivity index (χ1n) is 6.06. The van der Waals surface area contributed by atoms with Gasteiger partial charge in [-0.3, -0.25) is 0 Å². The summed E-state index contributed by atoms with van der Waals surface area (Å²) in [5.74, 6) is 2.47. The molecule has 0 aliphatic rings. The molecule has 0 aliphatic heterocycles. The molecule has 6 heteroatoms. The van der Waals surface area contributed by atoms with Crippen LogP contribution in [0.2, 0.25) is 5.02 Å². The SMILES string of the molecule is CNc1nc(CSc2ccc(Cl)cc2)nc2sccc12. The Morgan fingerprint density at radius 3 is 2.75 bits per heavy atom. The van der Waals surface area contributed by atoms with Gasteiger partial charge in [-0.2, -0.15) is 0 Å². The molecule has 1 aromatic carbocycles. The highest BCUT2D eigenvalue weighted by molar-refractivity contribution is 7.98. The van der Waals surface area contributed by atoms with E-state index in [2.05, 4.69) is 15.3 Å². The van der Waals surface area contributed by atoms with Crippen molar-refractivity contribution in [3.05, 3.63) is 46.6 Å². The van der Waals surface area contributed by atoms with Crippen LogP contribution in [0.5, 0.6) is 0 Å². The number of hydrogen-bond donors (Lipinski definition) is 1. The molecule has 2 heterocycles. The highest BCUT2D eigenvalue weighted by atomic mass is 35.5. The number of nitrogens with one attached hydrogen (secondary N) is 1. The van der Waals surface area contributed by atoms with Gasteiger partial charge in [0.2, 0.25) is 0 Å². The van der Waals surface area contributed by atoms with Gasteiger partial charge in [0, 0.05) is 17.0 Å². The first kappa shape index (κ1) is 13.7. The van der Waals surface area contributed by atoms with Crippen LogP contribution < -0.4 is 5.32 Å². The van der Waals surface area contributed by atoms with Gasteiger partial charge in [0.15, 0.2) is 0 Å². The summed E-state index contributed by atoms with van der Waals surface area (Å²) in [6, 6.07) is 9.85. The van der Waals surface area contributed by atoms with Gasteiger partial charge >= 0.3 is 0 Å². The lowest BCUT2D eigenvalue weighted by Crippen LogP contribution is -1.99. The zero-order valence-corrected chi connectivity index (χ0v) is 13.1. The number of nitrogens with zero attached hydrogens (tertiary/aromatic N) is 2. The Balaban J connectivity index is 1.81. The van der Waals surface area contributed by atoms with Crippen molar-refractivity contribution in [3.63, 3.8) is 0 Å². The van der Waals surface area contributed by atoms with Crippen LogP contribution in [0.3, 0.4) is 0 Å². The van der Waals surface area contributed by atoms with Gasteiger partial charge in [-0.1, -0.05) is 11.6 Å². The van der Waals surface area contributed by atoms with Crippen LogP contribution in [0.1, 0.15) is 5.82 Å². The Kier molecular flexibility index (Phi) is 4.10. The van der Waals surface area contributed by atoms with Crippen molar-refractivity contribution in [2.45, 2.75) is 10.6 Å². The van der Waals surface area contributed by atoms with Gasteiger partial charge in [-0.05, 0) is 35.7 Å². The summed E-state index contributed by atoms with van der Waals surface area (Å²) in [6.45, 7) is 0. The van der Waals surface area contributed by atoms with E-state index in [9.17, 15) is 0 Å². The van der Waals surface area contributed by atoms with Crippen LogP contribution in [0.15, 0.2) is 40.6 Å². The maximum absolute atomic E-state index is 5.88. The van der Waals surface area contributed by atoms with Crippen molar-refractivity contribution in [1.82, 2.24) is 9.97 Å². The van der Waals surface area contributed by atoms with Crippen molar-refractivity contribution >= 4 is 50.7 Å². The number of aromatic nitrogens is 2. The molecule has 0 aliphatic carbocycles. The van der Waals surface area contributed by atoms with Gasteiger partial charge in [0.1, 0.15) is 16.5 Å².